The predicted octanol–water partition coefficient (Wildman–Crippen LogP) is 0.311. The molecule has 0 aliphatic carbocycles. The van der Waals surface area contributed by atoms with Crippen LogP contribution in [0.1, 0.15) is 12.0 Å². The Morgan fingerprint density at radius 3 is 2.73 bits per heavy atom. The lowest BCUT2D eigenvalue weighted by atomic mass is 10.2. The monoisotopic (exact) mass is 365 g/mol. The molecule has 1 aromatic carbocycles. The third-order valence-electron chi connectivity index (χ3n) is 3.57. The molecule has 1 amide bonds. The number of amides is 1. The van der Waals surface area contributed by atoms with Crippen LogP contribution in [0.2, 0.25) is 10.0 Å². The molecule has 2 atom stereocenters. The van der Waals surface area contributed by atoms with Crippen molar-refractivity contribution >= 4 is 38.9 Å². The molecule has 0 radical (unpaired) electrons. The van der Waals surface area contributed by atoms with Gasteiger partial charge in [0.2, 0.25) is 0 Å². The van der Waals surface area contributed by atoms with E-state index >= 15 is 0 Å². The van der Waals surface area contributed by atoms with Crippen LogP contribution in [-0.2, 0) is 21.2 Å². The molecule has 1 heterocycles. The number of hydrogen-bond donors (Lipinski definition) is 2. The molecule has 1 aliphatic rings. The van der Waals surface area contributed by atoms with Gasteiger partial charge in [0.25, 0.3) is 5.91 Å². The Morgan fingerprint density at radius 1 is 1.41 bits per heavy atom. The topological polar surface area (TPSA) is 67.7 Å². The lowest BCUT2D eigenvalue weighted by Gasteiger charge is -2.16. The van der Waals surface area contributed by atoms with Gasteiger partial charge in [0.05, 0.1) is 23.6 Å². The van der Waals surface area contributed by atoms with Crippen LogP contribution in [0.15, 0.2) is 18.2 Å². The van der Waals surface area contributed by atoms with Crippen molar-refractivity contribution in [3.05, 3.63) is 33.8 Å². The van der Waals surface area contributed by atoms with Crippen LogP contribution in [-0.4, -0.2) is 45.5 Å². The molecule has 0 spiro atoms. The van der Waals surface area contributed by atoms with E-state index in [1.54, 1.807) is 12.1 Å². The molecular weight excluding hydrogens is 347 g/mol. The van der Waals surface area contributed by atoms with Crippen LogP contribution in [0.25, 0.3) is 0 Å². The number of quaternary nitrogens is 1. The lowest BCUT2D eigenvalue weighted by molar-refractivity contribution is -0.885. The molecule has 2 N–H and O–H groups in total. The summed E-state index contributed by atoms with van der Waals surface area (Å²) in [5.41, 5.74) is 0.916. The van der Waals surface area contributed by atoms with Gasteiger partial charge in [0.15, 0.2) is 16.4 Å². The molecule has 2 rings (SSSR count). The number of sulfone groups is 1. The van der Waals surface area contributed by atoms with E-state index in [9.17, 15) is 13.2 Å². The van der Waals surface area contributed by atoms with Crippen molar-refractivity contribution < 1.29 is 18.1 Å². The van der Waals surface area contributed by atoms with Crippen LogP contribution in [0.4, 0.5) is 0 Å². The summed E-state index contributed by atoms with van der Waals surface area (Å²) in [6.07, 6.45) is 0.496. The summed E-state index contributed by atoms with van der Waals surface area (Å²) in [5, 5.41) is 3.94. The number of nitrogens with one attached hydrogen (secondary N) is 2. The fourth-order valence-corrected chi connectivity index (χ4v) is 4.66. The fourth-order valence-electron chi connectivity index (χ4n) is 2.51. The Labute approximate surface area is 140 Å². The molecule has 8 heteroatoms. The van der Waals surface area contributed by atoms with E-state index in [2.05, 4.69) is 5.32 Å². The van der Waals surface area contributed by atoms with Gasteiger partial charge in [-0.1, -0.05) is 29.3 Å². The van der Waals surface area contributed by atoms with E-state index in [0.717, 1.165) is 10.5 Å². The van der Waals surface area contributed by atoms with Crippen LogP contribution in [0, 0.1) is 0 Å². The highest BCUT2D eigenvalue weighted by molar-refractivity contribution is 7.91. The Kier molecular flexibility index (Phi) is 5.71. The van der Waals surface area contributed by atoms with Crippen molar-refractivity contribution in [2.24, 2.45) is 0 Å². The zero-order valence-corrected chi connectivity index (χ0v) is 14.6. The summed E-state index contributed by atoms with van der Waals surface area (Å²) < 4.78 is 22.7. The first-order chi connectivity index (χ1) is 10.2. The van der Waals surface area contributed by atoms with Crippen molar-refractivity contribution in [3.63, 3.8) is 0 Å². The number of benzene rings is 1. The van der Waals surface area contributed by atoms with E-state index in [-0.39, 0.29) is 30.0 Å². The maximum atomic E-state index is 12.0. The average Bonchev–Trinajstić information content (AvgIpc) is 2.71. The summed E-state index contributed by atoms with van der Waals surface area (Å²) in [4.78, 5) is 12.9. The van der Waals surface area contributed by atoms with Crippen LogP contribution in [0.3, 0.4) is 0 Å². The second-order valence-corrected chi connectivity index (χ2v) is 8.79. The first-order valence-corrected chi connectivity index (χ1v) is 9.58. The molecule has 0 bridgehead atoms. The summed E-state index contributed by atoms with van der Waals surface area (Å²) in [5.74, 6) is 0.0478. The smallest absolute Gasteiger partial charge is 0.275 e. The van der Waals surface area contributed by atoms with Crippen molar-refractivity contribution in [1.82, 2.24) is 5.32 Å². The number of rotatable bonds is 5. The van der Waals surface area contributed by atoms with Gasteiger partial charge in [0.1, 0.15) is 6.54 Å². The van der Waals surface area contributed by atoms with Crippen LogP contribution in [0.5, 0.6) is 0 Å². The van der Waals surface area contributed by atoms with E-state index in [0.29, 0.717) is 23.0 Å². The van der Waals surface area contributed by atoms with E-state index in [1.807, 2.05) is 13.1 Å². The summed E-state index contributed by atoms with van der Waals surface area (Å²) in [6.45, 7) is 0.849. The van der Waals surface area contributed by atoms with Gasteiger partial charge in [-0.3, -0.25) is 4.79 Å². The molecule has 0 saturated carbocycles. The summed E-state index contributed by atoms with van der Waals surface area (Å²) in [7, 11) is -1.09. The summed E-state index contributed by atoms with van der Waals surface area (Å²) in [6, 6.07) is 5.02. The molecule has 1 aromatic rings. The highest BCUT2D eigenvalue weighted by Gasteiger charge is 2.29. The standard InChI is InChI=1S/C14H18Cl2N2O3S/c1-18(7-10-2-3-11(15)6-13(10)16)8-14(19)17-12-4-5-22(20,21)9-12/h2-3,6,12H,4-5,7-9H2,1H3,(H,17,19)/p+1/t12-/m1/s1. The van der Waals surface area contributed by atoms with Crippen LogP contribution >= 0.6 is 23.2 Å². The molecule has 5 nitrogen and oxygen atoms in total. The quantitative estimate of drug-likeness (QED) is 0.788. The largest absolute Gasteiger partial charge is 0.347 e. The number of carbonyl (C=O) groups is 1. The minimum Gasteiger partial charge on any atom is -0.347 e. The number of halogens is 2. The molecule has 0 aromatic heterocycles. The molecule has 1 aliphatic heterocycles. The predicted molar refractivity (Wildman–Crippen MR) is 87.1 cm³/mol. The number of carbonyl (C=O) groups excluding carboxylic acids is 1. The van der Waals surface area contributed by atoms with Gasteiger partial charge in [-0.2, -0.15) is 0 Å². The highest BCUT2D eigenvalue weighted by Crippen LogP contribution is 2.20. The lowest BCUT2D eigenvalue weighted by Crippen LogP contribution is -3.09. The molecule has 1 unspecified atom stereocenters. The normalized spacial score (nSPS) is 21.5. The summed E-state index contributed by atoms with van der Waals surface area (Å²) >= 11 is 12.0. The van der Waals surface area contributed by atoms with Crippen molar-refractivity contribution in [2.45, 2.75) is 19.0 Å². The van der Waals surface area contributed by atoms with Crippen molar-refractivity contribution in [2.75, 3.05) is 25.1 Å². The van der Waals surface area contributed by atoms with Crippen molar-refractivity contribution in [1.29, 1.82) is 0 Å². The van der Waals surface area contributed by atoms with Crippen molar-refractivity contribution in [3.8, 4) is 0 Å². The molecule has 1 saturated heterocycles. The van der Waals surface area contributed by atoms with Gasteiger partial charge >= 0.3 is 0 Å². The Bertz CT molecular complexity index is 664. The maximum absolute atomic E-state index is 12.0. The number of hydrogen-bond acceptors (Lipinski definition) is 3. The minimum absolute atomic E-state index is 0.0425. The SMILES string of the molecule is C[NH+](CC(=O)N[C@@H]1CCS(=O)(=O)C1)Cc1ccc(Cl)cc1Cl. The zero-order chi connectivity index (χ0) is 16.3. The average molecular weight is 366 g/mol. The Morgan fingerprint density at radius 2 is 2.14 bits per heavy atom. The maximum Gasteiger partial charge on any atom is 0.275 e. The highest BCUT2D eigenvalue weighted by atomic mass is 35.5. The third-order valence-corrected chi connectivity index (χ3v) is 5.92. The van der Waals surface area contributed by atoms with Gasteiger partial charge in [-0.05, 0) is 18.6 Å². The molecule has 1 fully saturated rings. The third kappa shape index (κ3) is 5.12. The van der Waals surface area contributed by atoms with Crippen LogP contribution < -0.4 is 10.2 Å². The minimum atomic E-state index is -2.98. The van der Waals surface area contributed by atoms with E-state index < -0.39 is 9.84 Å². The van der Waals surface area contributed by atoms with E-state index in [4.69, 9.17) is 23.2 Å². The first kappa shape index (κ1) is 17.5. The Hall–Kier alpha value is -0.820. The van der Waals surface area contributed by atoms with Gasteiger partial charge in [-0.15, -0.1) is 0 Å². The van der Waals surface area contributed by atoms with E-state index in [1.165, 1.54) is 0 Å². The molecular formula is C14H19Cl2N2O3S+. The molecule has 122 valence electrons. The van der Waals surface area contributed by atoms with Gasteiger partial charge in [0, 0.05) is 16.6 Å². The second-order valence-electron chi connectivity index (χ2n) is 5.71. The number of likely N-dealkylation sites (N-methyl/N-ethyl adjacent to an activating group) is 1. The molecule has 22 heavy (non-hydrogen) atoms. The Balaban J connectivity index is 1.84. The fraction of sp³-hybridized carbons (Fsp3) is 0.500. The van der Waals surface area contributed by atoms with Gasteiger partial charge in [-0.25, -0.2) is 8.42 Å². The second kappa shape index (κ2) is 7.17. The first-order valence-electron chi connectivity index (χ1n) is 7.00. The zero-order valence-electron chi connectivity index (χ0n) is 12.2. The van der Waals surface area contributed by atoms with Gasteiger partial charge < -0.3 is 10.2 Å².